The second kappa shape index (κ2) is 10.9. The van der Waals surface area contributed by atoms with E-state index in [0.29, 0.717) is 33.4 Å². The van der Waals surface area contributed by atoms with Crippen LogP contribution in [0.25, 0.3) is 22.3 Å². The molecule has 1 fully saturated rings. The van der Waals surface area contributed by atoms with Gasteiger partial charge in [-0.25, -0.2) is 9.59 Å². The van der Waals surface area contributed by atoms with Crippen molar-refractivity contribution in [3.63, 3.8) is 0 Å². The predicted molar refractivity (Wildman–Crippen MR) is 169 cm³/mol. The molecule has 8 rings (SSSR count). The van der Waals surface area contributed by atoms with E-state index >= 15 is 0 Å². The van der Waals surface area contributed by atoms with Crippen molar-refractivity contribution in [3.05, 3.63) is 130 Å². The van der Waals surface area contributed by atoms with Gasteiger partial charge in [-0.3, -0.25) is 19.2 Å². The summed E-state index contributed by atoms with van der Waals surface area (Å²) in [4.78, 5) is 76.9. The Morgan fingerprint density at radius 1 is 0.489 bits per heavy atom. The van der Waals surface area contributed by atoms with E-state index in [-0.39, 0.29) is 59.1 Å². The maximum absolute atomic E-state index is 13.2. The van der Waals surface area contributed by atoms with Crippen LogP contribution in [0.5, 0.6) is 0 Å². The maximum Gasteiger partial charge on any atom is 0.338 e. The zero-order valence-electron chi connectivity index (χ0n) is 24.9. The third-order valence-electron chi connectivity index (χ3n) is 9.95. The third-order valence-corrected chi connectivity index (χ3v) is 9.95. The van der Waals surface area contributed by atoms with Crippen LogP contribution >= 0.6 is 0 Å². The summed E-state index contributed by atoms with van der Waals surface area (Å²) in [6.07, 6.45) is 5.13. The van der Waals surface area contributed by atoms with E-state index in [4.69, 9.17) is 9.47 Å². The monoisotopic (exact) mass is 622 g/mol. The summed E-state index contributed by atoms with van der Waals surface area (Å²) < 4.78 is 11.6. The highest BCUT2D eigenvalue weighted by Gasteiger charge is 2.45. The second-order valence-electron chi connectivity index (χ2n) is 12.4. The van der Waals surface area contributed by atoms with Crippen molar-refractivity contribution in [2.24, 2.45) is 23.7 Å². The fourth-order valence-corrected chi connectivity index (χ4v) is 7.54. The van der Waals surface area contributed by atoms with Crippen LogP contribution < -0.4 is 0 Å². The molecule has 4 atom stereocenters. The Hall–Kier alpha value is -5.76. The average Bonchev–Trinajstić information content (AvgIpc) is 3.72. The van der Waals surface area contributed by atoms with Crippen molar-refractivity contribution in [1.29, 1.82) is 0 Å². The molecule has 0 N–H and O–H groups in total. The molecule has 4 aromatic carbocycles. The highest BCUT2D eigenvalue weighted by molar-refractivity contribution is 6.53. The molecule has 0 spiro atoms. The summed E-state index contributed by atoms with van der Waals surface area (Å²) in [6.45, 7) is 0.257. The molecule has 4 unspecified atom stereocenters. The fourth-order valence-electron chi connectivity index (χ4n) is 7.54. The van der Waals surface area contributed by atoms with Crippen molar-refractivity contribution in [1.82, 2.24) is 0 Å². The Morgan fingerprint density at radius 2 is 0.851 bits per heavy atom. The zero-order valence-corrected chi connectivity index (χ0v) is 24.9. The molecular formula is C39H26O8. The third kappa shape index (κ3) is 4.59. The van der Waals surface area contributed by atoms with E-state index in [0.717, 1.165) is 6.42 Å². The number of carbonyl (C=O) groups excluding carboxylic acids is 6. The van der Waals surface area contributed by atoms with Gasteiger partial charge >= 0.3 is 11.9 Å². The van der Waals surface area contributed by atoms with E-state index in [1.54, 1.807) is 60.7 Å². The topological polar surface area (TPSA) is 121 Å². The molecule has 4 aliphatic rings. The lowest BCUT2D eigenvalue weighted by atomic mass is 9.83. The number of fused-ring (bicyclic) bond motifs is 8. The lowest BCUT2D eigenvalue weighted by molar-refractivity contribution is 0.0204. The van der Waals surface area contributed by atoms with Gasteiger partial charge in [-0.15, -0.1) is 0 Å². The molecule has 0 aromatic heterocycles. The number of carbonyl (C=O) groups is 6. The summed E-state index contributed by atoms with van der Waals surface area (Å²) in [7, 11) is 0. The van der Waals surface area contributed by atoms with Gasteiger partial charge in [-0.2, -0.15) is 0 Å². The summed E-state index contributed by atoms with van der Waals surface area (Å²) in [5.74, 6) is -3.18. The number of esters is 2. The fraction of sp³-hybridized carbons (Fsp3) is 0.179. The highest BCUT2D eigenvalue weighted by Crippen LogP contribution is 2.48. The molecule has 0 saturated heterocycles. The molecule has 0 heterocycles. The van der Waals surface area contributed by atoms with Crippen molar-refractivity contribution in [2.75, 3.05) is 13.2 Å². The first-order valence-electron chi connectivity index (χ1n) is 15.5. The minimum atomic E-state index is -0.603. The molecule has 1 saturated carbocycles. The van der Waals surface area contributed by atoms with Crippen molar-refractivity contribution in [3.8, 4) is 22.3 Å². The Balaban J connectivity index is 0.963. The summed E-state index contributed by atoms with van der Waals surface area (Å²) in [6, 6.07) is 22.9. The Labute approximate surface area is 269 Å². The normalized spacial score (nSPS) is 21.5. The summed E-state index contributed by atoms with van der Waals surface area (Å²) in [5, 5.41) is 0. The van der Waals surface area contributed by atoms with Gasteiger partial charge in [0.05, 0.1) is 24.3 Å². The molecule has 4 aliphatic carbocycles. The number of Topliss-reactive ketones (excluding diaryl/α,β-unsaturated/α-hetero) is 4. The number of ether oxygens (including phenoxy) is 2. The second-order valence-corrected chi connectivity index (χ2v) is 12.4. The quantitative estimate of drug-likeness (QED) is 0.141. The lowest BCUT2D eigenvalue weighted by Gasteiger charge is -2.27. The maximum atomic E-state index is 13.2. The number of rotatable bonds is 6. The first-order valence-corrected chi connectivity index (χ1v) is 15.5. The van der Waals surface area contributed by atoms with E-state index in [2.05, 4.69) is 12.2 Å². The van der Waals surface area contributed by atoms with Crippen LogP contribution in [-0.2, 0) is 9.47 Å². The number of hydrogen-bond donors (Lipinski definition) is 0. The van der Waals surface area contributed by atoms with E-state index in [9.17, 15) is 28.8 Å². The van der Waals surface area contributed by atoms with Crippen LogP contribution in [0.4, 0.5) is 0 Å². The number of allylic oxidation sites excluding steroid dienone is 2. The standard InChI is InChI=1S/C39H26O8/c40-34-26-7-3-1-5-24(26)30-16-22(11-13-28(30)36(34)42)38(44)46-18-32-20-9-10-21(15-20)33(32)19-47-39(45)23-12-14-29-31(17-23)25-6-2-4-8-27(25)35(41)37(29)43/h1-14,16-17,20-21,32-33H,15,18-19H2. The molecular weight excluding hydrogens is 596 g/mol. The van der Waals surface area contributed by atoms with Crippen LogP contribution in [0.15, 0.2) is 97.1 Å². The SMILES string of the molecule is O=C(OCC1C2C=CC(C2)C1COC(=O)c1ccc2c(c1)-c1ccccc1C(=O)C2=O)c1ccc2c(c1)-c1ccccc1C(=O)C2=O. The molecule has 0 amide bonds. The summed E-state index contributed by atoms with van der Waals surface area (Å²) in [5.41, 5.74) is 3.93. The van der Waals surface area contributed by atoms with Crippen LogP contribution in [-0.4, -0.2) is 48.3 Å². The molecule has 47 heavy (non-hydrogen) atoms. The van der Waals surface area contributed by atoms with E-state index < -0.39 is 35.1 Å². The van der Waals surface area contributed by atoms with Gasteiger partial charge in [0.25, 0.3) is 0 Å². The summed E-state index contributed by atoms with van der Waals surface area (Å²) >= 11 is 0. The largest absolute Gasteiger partial charge is 0.462 e. The van der Waals surface area contributed by atoms with Gasteiger partial charge < -0.3 is 9.47 Å². The molecule has 8 heteroatoms. The molecule has 230 valence electrons. The minimum absolute atomic E-state index is 0.0571. The molecule has 4 aromatic rings. The van der Waals surface area contributed by atoms with Crippen molar-refractivity contribution in [2.45, 2.75) is 6.42 Å². The van der Waals surface area contributed by atoms with Gasteiger partial charge in [0, 0.05) is 34.1 Å². The van der Waals surface area contributed by atoms with Gasteiger partial charge in [0.1, 0.15) is 0 Å². The zero-order chi connectivity index (χ0) is 32.4. The smallest absolute Gasteiger partial charge is 0.338 e. The number of ketones is 4. The number of hydrogen-bond acceptors (Lipinski definition) is 8. The predicted octanol–water partition coefficient (Wildman–Crippen LogP) is 6.23. The molecule has 2 bridgehead atoms. The number of benzene rings is 4. The van der Waals surface area contributed by atoms with Gasteiger partial charge in [0.2, 0.25) is 23.1 Å². The van der Waals surface area contributed by atoms with Crippen molar-refractivity contribution >= 4 is 35.1 Å². The highest BCUT2D eigenvalue weighted by atomic mass is 16.5. The first-order chi connectivity index (χ1) is 22.8. The van der Waals surface area contributed by atoms with E-state index in [1.807, 2.05) is 0 Å². The van der Waals surface area contributed by atoms with Gasteiger partial charge in [-0.1, -0.05) is 60.7 Å². The lowest BCUT2D eigenvalue weighted by Crippen LogP contribution is -2.30. The van der Waals surface area contributed by atoms with Crippen LogP contribution in [0, 0.1) is 23.7 Å². The molecule has 8 nitrogen and oxygen atoms in total. The van der Waals surface area contributed by atoms with E-state index in [1.165, 1.54) is 24.3 Å². The minimum Gasteiger partial charge on any atom is -0.462 e. The van der Waals surface area contributed by atoms with Crippen molar-refractivity contribution < 1.29 is 38.2 Å². The molecule has 0 radical (unpaired) electrons. The molecule has 0 aliphatic heterocycles. The van der Waals surface area contributed by atoms with Crippen LogP contribution in [0.3, 0.4) is 0 Å². The van der Waals surface area contributed by atoms with Crippen LogP contribution in [0.1, 0.15) is 68.6 Å². The van der Waals surface area contributed by atoms with Crippen LogP contribution in [0.2, 0.25) is 0 Å². The van der Waals surface area contributed by atoms with Gasteiger partial charge in [0.15, 0.2) is 0 Å². The Morgan fingerprint density at radius 3 is 1.26 bits per heavy atom. The first kappa shape index (κ1) is 28.7. The van der Waals surface area contributed by atoms with Gasteiger partial charge in [-0.05, 0) is 76.9 Å². The Bertz CT molecular complexity index is 1970. The Kier molecular flexibility index (Phi) is 6.68. The average molecular weight is 623 g/mol.